The summed E-state index contributed by atoms with van der Waals surface area (Å²) in [7, 11) is 15.8. The Bertz CT molecular complexity index is 949. The van der Waals surface area contributed by atoms with E-state index in [1.165, 1.54) is 22.3 Å². The van der Waals surface area contributed by atoms with E-state index < -0.39 is 15.9 Å². The second kappa shape index (κ2) is 6.94. The van der Waals surface area contributed by atoms with Crippen LogP contribution in [-0.2, 0) is 15.9 Å². The Morgan fingerprint density at radius 1 is 0.889 bits per heavy atom. The molecule has 2 aromatic carbocycles. The molecule has 140 valence electrons. The van der Waals surface area contributed by atoms with E-state index in [0.29, 0.717) is 0 Å². The summed E-state index contributed by atoms with van der Waals surface area (Å²) in [6.07, 6.45) is 11.8. The molecule has 0 amide bonds. The SMILES string of the molecule is CC[CH]=[Zr]([Cl])([Cl])([CH]1c2ccccc2-c2ccccc21)[C]1(CCC)C=CC=C1. The molecule has 2 aliphatic rings. The molecule has 0 saturated heterocycles. The Morgan fingerprint density at radius 3 is 1.89 bits per heavy atom. The molecule has 0 aliphatic heterocycles. The predicted octanol–water partition coefficient (Wildman–Crippen LogP) is 8.05. The maximum atomic E-state index is 7.92. The van der Waals surface area contributed by atoms with Gasteiger partial charge in [0.15, 0.2) is 0 Å². The van der Waals surface area contributed by atoms with E-state index in [0.717, 1.165) is 19.3 Å². The molecule has 27 heavy (non-hydrogen) atoms. The normalized spacial score (nSPS) is 17.8. The molecule has 2 aromatic rings. The molecule has 0 radical (unpaired) electrons. The van der Waals surface area contributed by atoms with Gasteiger partial charge in [0.05, 0.1) is 0 Å². The first-order chi connectivity index (χ1) is 13.0. The van der Waals surface area contributed by atoms with Crippen molar-refractivity contribution in [3.05, 3.63) is 84.0 Å². The number of fused-ring (bicyclic) bond motifs is 3. The van der Waals surface area contributed by atoms with Crippen LogP contribution in [0.4, 0.5) is 0 Å². The number of hydrogen-bond acceptors (Lipinski definition) is 0. The van der Waals surface area contributed by atoms with E-state index in [1.54, 1.807) is 0 Å². The Balaban J connectivity index is 2.09. The summed E-state index contributed by atoms with van der Waals surface area (Å²) >= 11 is -4.58. The van der Waals surface area contributed by atoms with Gasteiger partial charge < -0.3 is 0 Å². The Hall–Kier alpha value is -0.747. The first-order valence-corrected chi connectivity index (χ1v) is 20.3. The summed E-state index contributed by atoms with van der Waals surface area (Å²) < 4.78 is 2.20. The van der Waals surface area contributed by atoms with Gasteiger partial charge in [0.25, 0.3) is 0 Å². The molecule has 4 rings (SSSR count). The van der Waals surface area contributed by atoms with E-state index in [4.69, 9.17) is 17.0 Å². The van der Waals surface area contributed by atoms with Crippen LogP contribution < -0.4 is 0 Å². The summed E-state index contributed by atoms with van der Waals surface area (Å²) in [4.78, 5) is 0. The van der Waals surface area contributed by atoms with Crippen LogP contribution in [0.3, 0.4) is 0 Å². The van der Waals surface area contributed by atoms with Crippen LogP contribution in [0.15, 0.2) is 72.8 Å². The quantitative estimate of drug-likeness (QED) is 0.409. The van der Waals surface area contributed by atoms with E-state index in [2.05, 4.69) is 90.4 Å². The number of hydrogen-bond donors (Lipinski definition) is 0. The average Bonchev–Trinajstić information content (AvgIpc) is 3.26. The third-order valence-corrected chi connectivity index (χ3v) is 27.7. The molecule has 0 nitrogen and oxygen atoms in total. The molecule has 0 atom stereocenters. The van der Waals surface area contributed by atoms with Crippen molar-refractivity contribution in [2.24, 2.45) is 0 Å². The van der Waals surface area contributed by atoms with E-state index in [-0.39, 0.29) is 6.75 Å². The molecule has 0 N–H and O–H groups in total. The van der Waals surface area contributed by atoms with E-state index in [9.17, 15) is 0 Å². The fourth-order valence-corrected chi connectivity index (χ4v) is 25.1. The zero-order chi connectivity index (χ0) is 19.1. The predicted molar refractivity (Wildman–Crippen MR) is 118 cm³/mol. The zero-order valence-corrected chi connectivity index (χ0v) is 19.9. The van der Waals surface area contributed by atoms with Crippen molar-refractivity contribution in [1.29, 1.82) is 0 Å². The molecule has 0 aromatic heterocycles. The molecular formula is C24H26Cl2Zr. The summed E-state index contributed by atoms with van der Waals surface area (Å²) in [5, 5.41) is 0. The van der Waals surface area contributed by atoms with Gasteiger partial charge >= 0.3 is 172 Å². The molecule has 0 heterocycles. The second-order valence-corrected chi connectivity index (χ2v) is 29.0. The second-order valence-electron chi connectivity index (χ2n) is 7.88. The van der Waals surface area contributed by atoms with Crippen molar-refractivity contribution in [2.75, 3.05) is 0 Å². The Labute approximate surface area is 170 Å². The van der Waals surface area contributed by atoms with Crippen LogP contribution in [-0.4, -0.2) is 3.71 Å². The first kappa shape index (κ1) is 19.6. The summed E-state index contributed by atoms with van der Waals surface area (Å²) in [6, 6.07) is 17.4. The van der Waals surface area contributed by atoms with Crippen molar-refractivity contribution in [1.82, 2.24) is 0 Å². The van der Waals surface area contributed by atoms with Crippen LogP contribution >= 0.6 is 17.0 Å². The third kappa shape index (κ3) is 2.69. The molecule has 0 bridgehead atoms. The van der Waals surface area contributed by atoms with Crippen LogP contribution in [0.5, 0.6) is 0 Å². The van der Waals surface area contributed by atoms with E-state index in [1.807, 2.05) is 0 Å². The molecule has 0 saturated carbocycles. The number of rotatable bonds is 5. The minimum atomic E-state index is -4.58. The minimum absolute atomic E-state index is 0.0843. The van der Waals surface area contributed by atoms with Gasteiger partial charge in [-0.3, -0.25) is 0 Å². The summed E-state index contributed by atoms with van der Waals surface area (Å²) in [5.41, 5.74) is 5.20. The van der Waals surface area contributed by atoms with Gasteiger partial charge in [-0.2, -0.15) is 0 Å². The van der Waals surface area contributed by atoms with Crippen LogP contribution in [0.25, 0.3) is 11.1 Å². The van der Waals surface area contributed by atoms with Gasteiger partial charge in [-0.15, -0.1) is 0 Å². The van der Waals surface area contributed by atoms with Gasteiger partial charge in [-0.1, -0.05) is 0 Å². The molecule has 0 fully saturated rings. The zero-order valence-electron chi connectivity index (χ0n) is 16.0. The van der Waals surface area contributed by atoms with E-state index >= 15 is 0 Å². The van der Waals surface area contributed by atoms with Gasteiger partial charge in [-0.25, -0.2) is 0 Å². The van der Waals surface area contributed by atoms with Gasteiger partial charge in [0, 0.05) is 0 Å². The Kier molecular flexibility index (Phi) is 5.03. The summed E-state index contributed by atoms with van der Waals surface area (Å²) in [5.74, 6) is 0. The average molecular weight is 477 g/mol. The Morgan fingerprint density at radius 2 is 1.41 bits per heavy atom. The van der Waals surface area contributed by atoms with Crippen molar-refractivity contribution in [2.45, 2.75) is 39.9 Å². The van der Waals surface area contributed by atoms with Gasteiger partial charge in [-0.05, 0) is 0 Å². The maximum absolute atomic E-state index is 7.92. The molecule has 0 unspecified atom stereocenters. The van der Waals surface area contributed by atoms with Gasteiger partial charge in [0.2, 0.25) is 0 Å². The van der Waals surface area contributed by atoms with Crippen molar-refractivity contribution < 1.29 is 15.9 Å². The number of allylic oxidation sites excluding steroid dienone is 4. The summed E-state index contributed by atoms with van der Waals surface area (Å²) in [6.45, 7) is 4.40. The van der Waals surface area contributed by atoms with Crippen LogP contribution in [0.1, 0.15) is 47.9 Å². The topological polar surface area (TPSA) is 0 Å². The molecular weight excluding hydrogens is 450 g/mol. The molecule has 0 spiro atoms. The molecule has 2 aliphatic carbocycles. The van der Waals surface area contributed by atoms with Crippen LogP contribution in [0.2, 0.25) is 3.12 Å². The first-order valence-electron chi connectivity index (χ1n) is 9.94. The van der Waals surface area contributed by atoms with Crippen molar-refractivity contribution in [3.63, 3.8) is 0 Å². The fourth-order valence-electron chi connectivity index (χ4n) is 5.32. The molecule has 3 heteroatoms. The fraction of sp³-hybridized carbons (Fsp3) is 0.292. The standard InChI is InChI=1S/C13H9.C8H11.C3H6.2ClH.Zr/c1-3-7-12-10(5-1)9-11-6-2-4-8-13(11)12;1-2-5-8-6-3-4-7-8;1-3-2;;;/h1-9H;3-4,6-7H,2,5H2,1H3;1H,3H2,2H3;2*1H;/q;;;;;+2/p-2. The van der Waals surface area contributed by atoms with Crippen molar-refractivity contribution in [3.8, 4) is 11.1 Å². The number of benzene rings is 2. The van der Waals surface area contributed by atoms with Gasteiger partial charge in [0.1, 0.15) is 0 Å². The van der Waals surface area contributed by atoms with Crippen molar-refractivity contribution >= 4 is 20.7 Å². The van der Waals surface area contributed by atoms with Crippen LogP contribution in [0, 0.1) is 0 Å². The monoisotopic (exact) mass is 474 g/mol. The third-order valence-electron chi connectivity index (χ3n) is 6.39. The number of halogens is 2.